The summed E-state index contributed by atoms with van der Waals surface area (Å²) in [5.74, 6) is 0. The van der Waals surface area contributed by atoms with Crippen LogP contribution in [0.3, 0.4) is 0 Å². The molecule has 0 aliphatic heterocycles. The van der Waals surface area contributed by atoms with Crippen LogP contribution >= 0.6 is 11.6 Å². The van der Waals surface area contributed by atoms with Crippen LogP contribution in [0.25, 0.3) is 0 Å². The monoisotopic (exact) mass is 249 g/mol. The van der Waals surface area contributed by atoms with Gasteiger partial charge < -0.3 is 5.32 Å². The van der Waals surface area contributed by atoms with E-state index < -0.39 is 0 Å². The lowest BCUT2D eigenvalue weighted by atomic mass is 10.0. The van der Waals surface area contributed by atoms with Gasteiger partial charge in [-0.2, -0.15) is 5.10 Å². The predicted molar refractivity (Wildman–Crippen MR) is 70.3 cm³/mol. The van der Waals surface area contributed by atoms with Crippen LogP contribution in [0, 0.1) is 0 Å². The topological polar surface area (TPSA) is 29.9 Å². The Kier molecular flexibility index (Phi) is 3.82. The second-order valence-electron chi connectivity index (χ2n) is 3.91. The summed E-state index contributed by atoms with van der Waals surface area (Å²) in [4.78, 5) is 0. The van der Waals surface area contributed by atoms with Gasteiger partial charge in [-0.05, 0) is 31.7 Å². The number of halogens is 1. The van der Waals surface area contributed by atoms with E-state index in [1.165, 1.54) is 0 Å². The third kappa shape index (κ3) is 2.68. The normalized spacial score (nSPS) is 12.6. The van der Waals surface area contributed by atoms with Crippen molar-refractivity contribution in [3.05, 3.63) is 52.8 Å². The Morgan fingerprint density at radius 2 is 2.24 bits per heavy atom. The van der Waals surface area contributed by atoms with Gasteiger partial charge in [-0.1, -0.05) is 23.7 Å². The van der Waals surface area contributed by atoms with Crippen molar-refractivity contribution >= 4 is 11.6 Å². The Hall–Kier alpha value is -1.32. The van der Waals surface area contributed by atoms with Crippen LogP contribution in [0.4, 0.5) is 0 Å². The summed E-state index contributed by atoms with van der Waals surface area (Å²) < 4.78 is 1.92. The molecular formula is C13H16ClN3. The van der Waals surface area contributed by atoms with E-state index in [1.54, 1.807) is 0 Å². The molecule has 2 aromatic rings. The van der Waals surface area contributed by atoms with Gasteiger partial charge in [0, 0.05) is 23.3 Å². The molecular weight excluding hydrogens is 234 g/mol. The first-order chi connectivity index (χ1) is 8.24. The van der Waals surface area contributed by atoms with Gasteiger partial charge in [0.2, 0.25) is 0 Å². The first-order valence-corrected chi connectivity index (χ1v) is 6.07. The Bertz CT molecular complexity index is 493. The summed E-state index contributed by atoms with van der Waals surface area (Å²) in [6.07, 6.45) is 3.95. The molecule has 1 heterocycles. The molecule has 1 N–H and O–H groups in total. The van der Waals surface area contributed by atoms with Gasteiger partial charge in [0.1, 0.15) is 0 Å². The Morgan fingerprint density at radius 3 is 2.82 bits per heavy atom. The molecule has 0 aliphatic rings. The first kappa shape index (κ1) is 12.1. The molecule has 0 saturated heterocycles. The van der Waals surface area contributed by atoms with E-state index in [0.29, 0.717) is 0 Å². The number of nitrogens with one attached hydrogen (secondary N) is 1. The van der Waals surface area contributed by atoms with Crippen LogP contribution < -0.4 is 5.32 Å². The van der Waals surface area contributed by atoms with Crippen molar-refractivity contribution < 1.29 is 0 Å². The van der Waals surface area contributed by atoms with Crippen molar-refractivity contribution in [2.45, 2.75) is 19.5 Å². The highest BCUT2D eigenvalue weighted by molar-refractivity contribution is 6.30. The highest BCUT2D eigenvalue weighted by Crippen LogP contribution is 2.23. The summed E-state index contributed by atoms with van der Waals surface area (Å²) in [6, 6.07) is 8.02. The van der Waals surface area contributed by atoms with Crippen molar-refractivity contribution in [2.75, 3.05) is 7.05 Å². The average molecular weight is 250 g/mol. The van der Waals surface area contributed by atoms with Crippen LogP contribution in [0.15, 0.2) is 36.7 Å². The molecule has 0 amide bonds. The van der Waals surface area contributed by atoms with Crippen LogP contribution in [0.1, 0.15) is 24.1 Å². The molecule has 17 heavy (non-hydrogen) atoms. The maximum Gasteiger partial charge on any atom is 0.0605 e. The number of hydrogen-bond acceptors (Lipinski definition) is 2. The standard InChI is InChI=1S/C13H16ClN3/c1-3-17-9-11(8-16-17)13(15-2)10-5-4-6-12(14)7-10/h4-9,13,15H,3H2,1-2H3. The molecule has 1 aromatic heterocycles. The number of hydrogen-bond donors (Lipinski definition) is 1. The fourth-order valence-corrected chi connectivity index (χ4v) is 2.11. The molecule has 90 valence electrons. The predicted octanol–water partition coefficient (Wildman–Crippen LogP) is 2.87. The minimum Gasteiger partial charge on any atom is -0.309 e. The maximum absolute atomic E-state index is 6.02. The van der Waals surface area contributed by atoms with Crippen molar-refractivity contribution in [2.24, 2.45) is 0 Å². The molecule has 1 unspecified atom stereocenters. The molecule has 1 aromatic carbocycles. The summed E-state index contributed by atoms with van der Waals surface area (Å²) >= 11 is 6.02. The van der Waals surface area contributed by atoms with E-state index in [1.807, 2.05) is 36.1 Å². The van der Waals surface area contributed by atoms with Crippen molar-refractivity contribution in [1.82, 2.24) is 15.1 Å². The zero-order valence-corrected chi connectivity index (χ0v) is 10.8. The van der Waals surface area contributed by atoms with Crippen LogP contribution in [0.5, 0.6) is 0 Å². The Labute approximate surface area is 106 Å². The number of aryl methyl sites for hydroxylation is 1. The zero-order chi connectivity index (χ0) is 12.3. The first-order valence-electron chi connectivity index (χ1n) is 5.69. The molecule has 1 atom stereocenters. The quantitative estimate of drug-likeness (QED) is 0.903. The van der Waals surface area contributed by atoms with Gasteiger partial charge in [-0.25, -0.2) is 0 Å². The van der Waals surface area contributed by atoms with Gasteiger partial charge in [-0.3, -0.25) is 4.68 Å². The Morgan fingerprint density at radius 1 is 1.41 bits per heavy atom. The molecule has 4 heteroatoms. The van der Waals surface area contributed by atoms with Crippen LogP contribution in [-0.4, -0.2) is 16.8 Å². The van der Waals surface area contributed by atoms with Crippen molar-refractivity contribution in [3.8, 4) is 0 Å². The van der Waals surface area contributed by atoms with Gasteiger partial charge in [-0.15, -0.1) is 0 Å². The molecule has 0 radical (unpaired) electrons. The number of rotatable bonds is 4. The largest absolute Gasteiger partial charge is 0.309 e. The lowest BCUT2D eigenvalue weighted by molar-refractivity contribution is 0.653. The third-order valence-electron chi connectivity index (χ3n) is 2.78. The second-order valence-corrected chi connectivity index (χ2v) is 4.34. The van der Waals surface area contributed by atoms with E-state index >= 15 is 0 Å². The summed E-state index contributed by atoms with van der Waals surface area (Å²) in [5.41, 5.74) is 2.30. The maximum atomic E-state index is 6.02. The van der Waals surface area contributed by atoms with E-state index in [4.69, 9.17) is 11.6 Å². The highest BCUT2D eigenvalue weighted by atomic mass is 35.5. The third-order valence-corrected chi connectivity index (χ3v) is 3.02. The van der Waals surface area contributed by atoms with E-state index in [9.17, 15) is 0 Å². The SMILES string of the molecule is CCn1cc(C(NC)c2cccc(Cl)c2)cn1. The summed E-state index contributed by atoms with van der Waals surface area (Å²) in [6.45, 7) is 2.95. The molecule has 0 spiro atoms. The van der Waals surface area contributed by atoms with Gasteiger partial charge in [0.25, 0.3) is 0 Å². The minimum absolute atomic E-state index is 0.133. The summed E-state index contributed by atoms with van der Waals surface area (Å²) in [7, 11) is 1.94. The van der Waals surface area contributed by atoms with Gasteiger partial charge in [0.15, 0.2) is 0 Å². The lowest BCUT2D eigenvalue weighted by Gasteiger charge is -2.15. The number of nitrogens with zero attached hydrogens (tertiary/aromatic N) is 2. The lowest BCUT2D eigenvalue weighted by Crippen LogP contribution is -2.17. The van der Waals surface area contributed by atoms with Crippen LogP contribution in [0.2, 0.25) is 5.02 Å². The molecule has 0 bridgehead atoms. The fraction of sp³-hybridized carbons (Fsp3) is 0.308. The molecule has 0 saturated carbocycles. The van der Waals surface area contributed by atoms with Crippen molar-refractivity contribution in [3.63, 3.8) is 0 Å². The van der Waals surface area contributed by atoms with Gasteiger partial charge >= 0.3 is 0 Å². The van der Waals surface area contributed by atoms with E-state index in [-0.39, 0.29) is 6.04 Å². The molecule has 0 fully saturated rings. The van der Waals surface area contributed by atoms with Gasteiger partial charge in [0.05, 0.1) is 12.2 Å². The number of benzene rings is 1. The zero-order valence-electron chi connectivity index (χ0n) is 10.0. The number of aromatic nitrogens is 2. The second kappa shape index (κ2) is 5.34. The summed E-state index contributed by atoms with van der Waals surface area (Å²) in [5, 5.41) is 8.34. The highest BCUT2D eigenvalue weighted by Gasteiger charge is 2.13. The van der Waals surface area contributed by atoms with Crippen molar-refractivity contribution in [1.29, 1.82) is 0 Å². The molecule has 2 rings (SSSR count). The Balaban J connectivity index is 2.33. The smallest absolute Gasteiger partial charge is 0.0605 e. The fourth-order valence-electron chi connectivity index (χ4n) is 1.91. The van der Waals surface area contributed by atoms with Crippen LogP contribution in [-0.2, 0) is 6.54 Å². The molecule has 0 aliphatic carbocycles. The van der Waals surface area contributed by atoms with E-state index in [0.717, 1.165) is 22.7 Å². The minimum atomic E-state index is 0.133. The molecule has 3 nitrogen and oxygen atoms in total. The van der Waals surface area contributed by atoms with E-state index in [2.05, 4.69) is 29.6 Å². The average Bonchev–Trinajstić information content (AvgIpc) is 2.79.